The summed E-state index contributed by atoms with van der Waals surface area (Å²) in [6.45, 7) is 0. The number of methoxy groups -OCH3 is 1. The molecule has 10 heteroatoms. The molecule has 0 aliphatic carbocycles. The molecule has 2 aromatic rings. The Balaban J connectivity index is 2.09. The van der Waals surface area contributed by atoms with Crippen LogP contribution in [0.4, 0.5) is 0 Å². The number of rotatable bonds is 3. The maximum atomic E-state index is 13.6. The van der Waals surface area contributed by atoms with Gasteiger partial charge in [0, 0.05) is 11.8 Å². The zero-order chi connectivity index (χ0) is 23.1. The Hall–Kier alpha value is -3.11. The molecule has 2 saturated heterocycles. The molecule has 2 heterocycles. The first-order valence-electron chi connectivity index (χ1n) is 9.79. The predicted octanol–water partition coefficient (Wildman–Crippen LogP) is 1.04. The molecule has 166 valence electrons. The second-order valence-electron chi connectivity index (χ2n) is 7.73. The molecule has 0 unspecified atom stereocenters. The first-order chi connectivity index (χ1) is 15.2. The molecule has 2 amide bonds. The fourth-order valence-corrected chi connectivity index (χ4v) is 7.31. The maximum absolute atomic E-state index is 13.6. The molecular formula is C22H20N2O6S2. The number of carbonyl (C=O) groups excluding carboxylic acids is 3. The lowest BCUT2D eigenvalue weighted by Crippen LogP contribution is -2.71. The largest absolute Gasteiger partial charge is 0.468 e. The highest BCUT2D eigenvalue weighted by molar-refractivity contribution is 7.92. The minimum absolute atomic E-state index is 0.174. The number of benzene rings is 2. The molecule has 0 radical (unpaired) electrons. The van der Waals surface area contributed by atoms with Crippen molar-refractivity contribution in [3.05, 3.63) is 71.8 Å². The van der Waals surface area contributed by atoms with Gasteiger partial charge in [0.05, 0.1) is 12.9 Å². The van der Waals surface area contributed by atoms with Crippen LogP contribution < -0.4 is 10.6 Å². The maximum Gasteiger partial charge on any atom is 0.324 e. The number of sulfone groups is 1. The van der Waals surface area contributed by atoms with E-state index in [1.165, 1.54) is 0 Å². The van der Waals surface area contributed by atoms with E-state index in [1.54, 1.807) is 60.7 Å². The number of esters is 1. The highest BCUT2D eigenvalue weighted by atomic mass is 32.2. The second kappa shape index (κ2) is 8.10. The third-order valence-electron chi connectivity index (χ3n) is 6.13. The molecule has 0 aromatic heterocycles. The highest BCUT2D eigenvalue weighted by Crippen LogP contribution is 2.56. The lowest BCUT2D eigenvalue weighted by molar-refractivity contribution is -0.150. The Morgan fingerprint density at radius 2 is 1.47 bits per heavy atom. The first-order valence-corrected chi connectivity index (χ1v) is 11.9. The van der Waals surface area contributed by atoms with Crippen molar-refractivity contribution in [2.24, 2.45) is 5.41 Å². The minimum atomic E-state index is -4.13. The Morgan fingerprint density at radius 3 is 1.97 bits per heavy atom. The number of hydrogen-bond acceptors (Lipinski definition) is 7. The summed E-state index contributed by atoms with van der Waals surface area (Å²) >= 11 is 5.00. The van der Waals surface area contributed by atoms with Gasteiger partial charge in [-0.2, -0.15) is 0 Å². The highest BCUT2D eigenvalue weighted by Gasteiger charge is 2.69. The zero-order valence-corrected chi connectivity index (χ0v) is 18.6. The molecule has 4 rings (SSSR count). The topological polar surface area (TPSA) is 119 Å². The average molecular weight is 473 g/mol. The van der Waals surface area contributed by atoms with Gasteiger partial charge in [-0.3, -0.25) is 14.4 Å². The van der Waals surface area contributed by atoms with Gasteiger partial charge in [-0.1, -0.05) is 60.7 Å². The lowest BCUT2D eigenvalue weighted by atomic mass is 9.59. The summed E-state index contributed by atoms with van der Waals surface area (Å²) < 4.78 is 31.8. The Morgan fingerprint density at radius 1 is 0.969 bits per heavy atom. The molecule has 8 nitrogen and oxygen atoms in total. The summed E-state index contributed by atoms with van der Waals surface area (Å²) in [7, 11) is -3.06. The molecule has 2 N–H and O–H groups in total. The summed E-state index contributed by atoms with van der Waals surface area (Å²) in [5, 5.41) is 3.05. The number of amides is 2. The van der Waals surface area contributed by atoms with E-state index in [0.717, 1.165) is 7.11 Å². The molecule has 2 aliphatic heterocycles. The normalized spacial score (nSPS) is 26.2. The summed E-state index contributed by atoms with van der Waals surface area (Å²) in [5.74, 6) is -5.53. The van der Waals surface area contributed by atoms with Crippen molar-refractivity contribution in [1.82, 2.24) is 10.6 Å². The molecule has 1 spiro atoms. The molecule has 32 heavy (non-hydrogen) atoms. The number of carbonyl (C=O) groups is 3. The van der Waals surface area contributed by atoms with Crippen LogP contribution in [0.3, 0.4) is 0 Å². The van der Waals surface area contributed by atoms with Gasteiger partial charge in [-0.15, -0.1) is 0 Å². The van der Waals surface area contributed by atoms with Crippen LogP contribution in [0.25, 0.3) is 0 Å². The molecule has 2 aromatic carbocycles. The molecule has 3 atom stereocenters. The van der Waals surface area contributed by atoms with E-state index in [2.05, 4.69) is 10.6 Å². The molecular weight excluding hydrogens is 452 g/mol. The minimum Gasteiger partial charge on any atom is -0.468 e. The van der Waals surface area contributed by atoms with E-state index in [9.17, 15) is 22.8 Å². The molecule has 0 saturated carbocycles. The van der Waals surface area contributed by atoms with Gasteiger partial charge in [-0.05, 0) is 23.3 Å². The van der Waals surface area contributed by atoms with Crippen molar-refractivity contribution in [2.45, 2.75) is 17.1 Å². The van der Waals surface area contributed by atoms with Crippen LogP contribution in [0, 0.1) is 5.41 Å². The van der Waals surface area contributed by atoms with Crippen molar-refractivity contribution in [3.63, 3.8) is 0 Å². The zero-order valence-electron chi connectivity index (χ0n) is 17.0. The second-order valence-corrected chi connectivity index (χ2v) is 10.3. The fraction of sp³-hybridized carbons (Fsp3) is 0.273. The third kappa shape index (κ3) is 3.30. The summed E-state index contributed by atoms with van der Waals surface area (Å²) in [6, 6.07) is 16.7. The Bertz CT molecular complexity index is 1180. The summed E-state index contributed by atoms with van der Waals surface area (Å²) in [6.07, 6.45) is 0. The van der Waals surface area contributed by atoms with Crippen molar-refractivity contribution in [1.29, 1.82) is 0 Å². The van der Waals surface area contributed by atoms with Crippen LogP contribution in [0.2, 0.25) is 0 Å². The van der Waals surface area contributed by atoms with Crippen LogP contribution in [0.1, 0.15) is 23.0 Å². The predicted molar refractivity (Wildman–Crippen MR) is 119 cm³/mol. The Kier molecular flexibility index (Phi) is 5.59. The fourth-order valence-electron chi connectivity index (χ4n) is 4.82. The number of ether oxygens (including phenoxy) is 1. The van der Waals surface area contributed by atoms with E-state index in [1.807, 2.05) is 0 Å². The standard InChI is InChI=1S/C22H20N2O6S2/c1-30-18(25)17-16(14-10-6-3-7-11-14)22(19(26)23-21(31)24-20(22)27)15(12-32(17,28)29)13-8-4-2-5-9-13/h2-11,15-17H,12H2,1H3,(H2,23,24,26,27,31)/t15-,16-,17+/m0/s1. The van der Waals surface area contributed by atoms with Gasteiger partial charge in [0.15, 0.2) is 20.2 Å². The number of hydrogen-bond donors (Lipinski definition) is 2. The van der Waals surface area contributed by atoms with Gasteiger partial charge in [0.2, 0.25) is 11.8 Å². The van der Waals surface area contributed by atoms with E-state index in [4.69, 9.17) is 17.0 Å². The van der Waals surface area contributed by atoms with Crippen molar-refractivity contribution in [3.8, 4) is 0 Å². The third-order valence-corrected chi connectivity index (χ3v) is 8.37. The van der Waals surface area contributed by atoms with Crippen LogP contribution in [-0.4, -0.2) is 49.4 Å². The SMILES string of the molecule is COC(=O)[C@H]1[C@H](c2ccccc2)C2(C(=O)NC(=S)NC2=O)[C@H](c2ccccc2)CS1(=O)=O. The van der Waals surface area contributed by atoms with Gasteiger partial charge in [0.1, 0.15) is 5.41 Å². The van der Waals surface area contributed by atoms with E-state index in [-0.39, 0.29) is 5.11 Å². The van der Waals surface area contributed by atoms with Crippen LogP contribution in [0.5, 0.6) is 0 Å². The van der Waals surface area contributed by atoms with Crippen molar-refractivity contribution < 1.29 is 27.5 Å². The number of nitrogens with one attached hydrogen (secondary N) is 2. The monoisotopic (exact) mass is 472 g/mol. The van der Waals surface area contributed by atoms with Gasteiger partial charge >= 0.3 is 5.97 Å². The van der Waals surface area contributed by atoms with Gasteiger partial charge in [-0.25, -0.2) is 8.42 Å². The van der Waals surface area contributed by atoms with Crippen molar-refractivity contribution >= 4 is 45.0 Å². The Labute approximate surface area is 190 Å². The summed E-state index contributed by atoms with van der Waals surface area (Å²) in [4.78, 5) is 40.1. The lowest BCUT2D eigenvalue weighted by Gasteiger charge is -2.50. The van der Waals surface area contributed by atoms with E-state index in [0.29, 0.717) is 11.1 Å². The van der Waals surface area contributed by atoms with Gasteiger partial charge in [0.25, 0.3) is 0 Å². The quantitative estimate of drug-likeness (QED) is 0.389. The van der Waals surface area contributed by atoms with Crippen molar-refractivity contribution in [2.75, 3.05) is 12.9 Å². The van der Waals surface area contributed by atoms with Gasteiger partial charge < -0.3 is 15.4 Å². The smallest absolute Gasteiger partial charge is 0.324 e. The number of thiocarbonyl (C=S) groups is 1. The average Bonchev–Trinajstić information content (AvgIpc) is 2.77. The summed E-state index contributed by atoms with van der Waals surface area (Å²) in [5.41, 5.74) is -1.13. The molecule has 0 bridgehead atoms. The van der Waals surface area contributed by atoms with Crippen LogP contribution >= 0.6 is 12.2 Å². The molecule has 2 aliphatic rings. The van der Waals surface area contributed by atoms with Crippen LogP contribution in [-0.2, 0) is 29.0 Å². The first kappa shape index (κ1) is 22.1. The van der Waals surface area contributed by atoms with Crippen LogP contribution in [0.15, 0.2) is 60.7 Å². The van der Waals surface area contributed by atoms with E-state index >= 15 is 0 Å². The van der Waals surface area contributed by atoms with E-state index < -0.39 is 55.9 Å². The molecule has 2 fully saturated rings.